The van der Waals surface area contributed by atoms with E-state index in [1.54, 1.807) is 24.0 Å². The van der Waals surface area contributed by atoms with Crippen molar-refractivity contribution in [1.29, 1.82) is 0 Å². The molecule has 0 saturated heterocycles. The highest BCUT2D eigenvalue weighted by molar-refractivity contribution is 7.99. The minimum Gasteiger partial charge on any atom is -0.309 e. The molecule has 1 aromatic carbocycles. The van der Waals surface area contributed by atoms with Gasteiger partial charge < -0.3 is 5.32 Å². The molecule has 5 heteroatoms. The molecule has 1 atom stereocenters. The molecule has 0 aliphatic carbocycles. The van der Waals surface area contributed by atoms with Crippen molar-refractivity contribution in [3.05, 3.63) is 59.1 Å². The zero-order valence-electron chi connectivity index (χ0n) is 11.9. The van der Waals surface area contributed by atoms with Crippen LogP contribution in [0.3, 0.4) is 0 Å². The molecule has 0 bridgehead atoms. The van der Waals surface area contributed by atoms with Gasteiger partial charge in [0.1, 0.15) is 5.82 Å². The molecule has 0 aliphatic rings. The molecule has 0 fully saturated rings. The third kappa shape index (κ3) is 5.30. The lowest BCUT2D eigenvalue weighted by molar-refractivity contribution is 0.564. The van der Waals surface area contributed by atoms with E-state index < -0.39 is 0 Å². The highest BCUT2D eigenvalue weighted by atomic mass is 35.5. The first kappa shape index (κ1) is 16.3. The van der Waals surface area contributed by atoms with Crippen LogP contribution in [0.15, 0.2) is 47.6 Å². The molecule has 1 aromatic heterocycles. The second-order valence-corrected chi connectivity index (χ2v) is 6.24. The van der Waals surface area contributed by atoms with Crippen molar-refractivity contribution < 1.29 is 4.39 Å². The van der Waals surface area contributed by atoms with Gasteiger partial charge in [-0.2, -0.15) is 0 Å². The first-order valence-electron chi connectivity index (χ1n) is 6.91. The van der Waals surface area contributed by atoms with Crippen LogP contribution >= 0.6 is 23.4 Å². The SMILES string of the molecule is CCCNC(CSc1cccc(Cl)c1)c1cncc(F)c1. The van der Waals surface area contributed by atoms with Crippen LogP contribution < -0.4 is 5.32 Å². The van der Waals surface area contributed by atoms with Gasteiger partial charge in [-0.05, 0) is 42.8 Å². The molecule has 0 saturated carbocycles. The van der Waals surface area contributed by atoms with E-state index >= 15 is 0 Å². The molecule has 2 aromatic rings. The molecule has 2 nitrogen and oxygen atoms in total. The van der Waals surface area contributed by atoms with E-state index in [9.17, 15) is 4.39 Å². The second-order valence-electron chi connectivity index (χ2n) is 4.71. The van der Waals surface area contributed by atoms with E-state index in [1.165, 1.54) is 6.20 Å². The summed E-state index contributed by atoms with van der Waals surface area (Å²) in [5, 5.41) is 4.16. The van der Waals surface area contributed by atoms with Gasteiger partial charge in [-0.15, -0.1) is 11.8 Å². The number of nitrogens with zero attached hydrogens (tertiary/aromatic N) is 1. The van der Waals surface area contributed by atoms with E-state index in [0.717, 1.165) is 34.2 Å². The van der Waals surface area contributed by atoms with Crippen LogP contribution in [0.2, 0.25) is 5.02 Å². The molecule has 1 unspecified atom stereocenters. The normalized spacial score (nSPS) is 12.3. The number of nitrogens with one attached hydrogen (secondary N) is 1. The van der Waals surface area contributed by atoms with Crippen molar-refractivity contribution in [3.63, 3.8) is 0 Å². The maximum absolute atomic E-state index is 13.4. The number of halogens is 2. The Kier molecular flexibility index (Phi) is 6.49. The van der Waals surface area contributed by atoms with Crippen molar-refractivity contribution in [3.8, 4) is 0 Å². The number of aromatic nitrogens is 1. The molecular weight excluding hydrogens is 307 g/mol. The summed E-state index contributed by atoms with van der Waals surface area (Å²) in [6.45, 7) is 3.00. The zero-order chi connectivity index (χ0) is 15.1. The predicted octanol–water partition coefficient (Wildman–Crippen LogP) is 4.71. The molecule has 0 radical (unpaired) electrons. The maximum Gasteiger partial charge on any atom is 0.141 e. The van der Waals surface area contributed by atoms with Crippen molar-refractivity contribution in [2.24, 2.45) is 0 Å². The Morgan fingerprint density at radius 2 is 2.19 bits per heavy atom. The minimum absolute atomic E-state index is 0.0668. The van der Waals surface area contributed by atoms with E-state index in [1.807, 2.05) is 24.3 Å². The number of pyridine rings is 1. The summed E-state index contributed by atoms with van der Waals surface area (Å²) < 4.78 is 13.4. The number of hydrogen-bond donors (Lipinski definition) is 1. The molecule has 1 N–H and O–H groups in total. The molecule has 1 heterocycles. The summed E-state index contributed by atoms with van der Waals surface area (Å²) in [5.41, 5.74) is 0.873. The largest absolute Gasteiger partial charge is 0.309 e. The van der Waals surface area contributed by atoms with Crippen LogP contribution in [-0.4, -0.2) is 17.3 Å². The number of rotatable bonds is 7. The quantitative estimate of drug-likeness (QED) is 0.747. The summed E-state index contributed by atoms with van der Waals surface area (Å²) in [7, 11) is 0. The standard InChI is InChI=1S/C16H18ClFN2S/c1-2-6-20-16(12-7-14(18)10-19-9-12)11-21-15-5-3-4-13(17)8-15/h3-5,7-10,16,20H,2,6,11H2,1H3. The molecular formula is C16H18ClFN2S. The Balaban J connectivity index is 2.06. The topological polar surface area (TPSA) is 24.9 Å². The van der Waals surface area contributed by atoms with Crippen LogP contribution in [-0.2, 0) is 0 Å². The van der Waals surface area contributed by atoms with E-state index in [0.29, 0.717) is 0 Å². The Labute approximate surface area is 134 Å². The lowest BCUT2D eigenvalue weighted by Crippen LogP contribution is -2.24. The van der Waals surface area contributed by atoms with Gasteiger partial charge in [-0.3, -0.25) is 4.98 Å². The van der Waals surface area contributed by atoms with E-state index in [4.69, 9.17) is 11.6 Å². The summed E-state index contributed by atoms with van der Waals surface area (Å²) >= 11 is 7.69. The van der Waals surface area contributed by atoms with Crippen LogP contribution in [0, 0.1) is 5.82 Å². The van der Waals surface area contributed by atoms with Crippen molar-refractivity contribution in [1.82, 2.24) is 10.3 Å². The molecule has 21 heavy (non-hydrogen) atoms. The average molecular weight is 325 g/mol. The molecule has 0 aliphatic heterocycles. The van der Waals surface area contributed by atoms with Crippen LogP contribution in [0.25, 0.3) is 0 Å². The fourth-order valence-corrected chi connectivity index (χ4v) is 3.26. The Morgan fingerprint density at radius 1 is 1.33 bits per heavy atom. The van der Waals surface area contributed by atoms with Crippen LogP contribution in [0.4, 0.5) is 4.39 Å². The minimum atomic E-state index is -0.302. The fraction of sp³-hybridized carbons (Fsp3) is 0.312. The van der Waals surface area contributed by atoms with Crippen molar-refractivity contribution in [2.45, 2.75) is 24.3 Å². The van der Waals surface area contributed by atoms with Gasteiger partial charge in [0, 0.05) is 27.9 Å². The van der Waals surface area contributed by atoms with Gasteiger partial charge >= 0.3 is 0 Å². The fourth-order valence-electron chi connectivity index (χ4n) is 1.95. The zero-order valence-corrected chi connectivity index (χ0v) is 13.4. The summed E-state index contributed by atoms with van der Waals surface area (Å²) in [6, 6.07) is 9.36. The molecule has 112 valence electrons. The summed E-state index contributed by atoms with van der Waals surface area (Å²) in [6.07, 6.45) is 3.97. The third-order valence-corrected chi connectivity index (χ3v) is 4.30. The number of benzene rings is 1. The highest BCUT2D eigenvalue weighted by Gasteiger charge is 2.12. The van der Waals surface area contributed by atoms with Gasteiger partial charge in [-0.1, -0.05) is 24.6 Å². The highest BCUT2D eigenvalue weighted by Crippen LogP contribution is 2.26. The Hall–Kier alpha value is -1.10. The summed E-state index contributed by atoms with van der Waals surface area (Å²) in [4.78, 5) is 5.04. The Morgan fingerprint density at radius 3 is 2.90 bits per heavy atom. The van der Waals surface area contributed by atoms with Gasteiger partial charge in [-0.25, -0.2) is 4.39 Å². The average Bonchev–Trinajstić information content (AvgIpc) is 2.47. The van der Waals surface area contributed by atoms with Gasteiger partial charge in [0.25, 0.3) is 0 Å². The lowest BCUT2D eigenvalue weighted by atomic mass is 10.1. The van der Waals surface area contributed by atoms with Crippen molar-refractivity contribution >= 4 is 23.4 Å². The second kappa shape index (κ2) is 8.37. The first-order valence-corrected chi connectivity index (χ1v) is 8.27. The monoisotopic (exact) mass is 324 g/mol. The molecule has 0 amide bonds. The van der Waals surface area contributed by atoms with Gasteiger partial charge in [0.05, 0.1) is 6.20 Å². The predicted molar refractivity (Wildman–Crippen MR) is 87.4 cm³/mol. The van der Waals surface area contributed by atoms with E-state index in [2.05, 4.69) is 17.2 Å². The molecule has 2 rings (SSSR count). The van der Waals surface area contributed by atoms with E-state index in [-0.39, 0.29) is 11.9 Å². The van der Waals surface area contributed by atoms with Gasteiger partial charge in [0.15, 0.2) is 0 Å². The lowest BCUT2D eigenvalue weighted by Gasteiger charge is -2.18. The third-order valence-electron chi connectivity index (χ3n) is 2.98. The number of thioether (sulfide) groups is 1. The van der Waals surface area contributed by atoms with Crippen LogP contribution in [0.1, 0.15) is 24.9 Å². The maximum atomic E-state index is 13.4. The summed E-state index contributed by atoms with van der Waals surface area (Å²) in [5.74, 6) is 0.495. The van der Waals surface area contributed by atoms with Gasteiger partial charge in [0.2, 0.25) is 0 Å². The smallest absolute Gasteiger partial charge is 0.141 e. The van der Waals surface area contributed by atoms with Crippen LogP contribution in [0.5, 0.6) is 0 Å². The Bertz CT molecular complexity index is 580. The molecule has 0 spiro atoms. The first-order chi connectivity index (χ1) is 10.2. The van der Waals surface area contributed by atoms with Crippen molar-refractivity contribution in [2.75, 3.05) is 12.3 Å². The number of hydrogen-bond acceptors (Lipinski definition) is 3.